The van der Waals surface area contributed by atoms with Gasteiger partial charge in [0.25, 0.3) is 12.0 Å². The van der Waals surface area contributed by atoms with E-state index >= 15 is 0 Å². The quantitative estimate of drug-likeness (QED) is 0.380. The highest BCUT2D eigenvalue weighted by Gasteiger charge is 2.44. The number of aromatic nitrogens is 3. The minimum atomic E-state index is -2.81. The molecule has 37 heavy (non-hydrogen) atoms. The van der Waals surface area contributed by atoms with E-state index < -0.39 is 34.0 Å². The van der Waals surface area contributed by atoms with Crippen LogP contribution in [0.2, 0.25) is 0 Å². The molecule has 0 spiro atoms. The molecule has 1 aromatic carbocycles. The Morgan fingerprint density at radius 1 is 1.00 bits per heavy atom. The van der Waals surface area contributed by atoms with Crippen molar-refractivity contribution in [1.82, 2.24) is 14.6 Å². The maximum Gasteiger partial charge on any atom is 0.280 e. The van der Waals surface area contributed by atoms with E-state index in [1.807, 2.05) is 56.5 Å². The van der Waals surface area contributed by atoms with Gasteiger partial charge < -0.3 is 19.1 Å². The van der Waals surface area contributed by atoms with Crippen molar-refractivity contribution < 1.29 is 23.0 Å². The van der Waals surface area contributed by atoms with Gasteiger partial charge in [-0.05, 0) is 43.5 Å². The molecule has 8 nitrogen and oxygen atoms in total. The second-order valence-electron chi connectivity index (χ2n) is 11.1. The number of aryl methyl sites for hydroxylation is 1. The number of hydrogen-bond acceptors (Lipinski definition) is 7. The number of anilines is 1. The fourth-order valence-electron chi connectivity index (χ4n) is 4.65. The molecule has 1 fully saturated rings. The van der Waals surface area contributed by atoms with Crippen molar-refractivity contribution in [3.05, 3.63) is 51.9 Å². The Hall–Kier alpha value is -3.11. The fraction of sp³-hybridized carbons (Fsp3) is 0.409. The normalized spacial score (nSPS) is 19.6. The van der Waals surface area contributed by atoms with E-state index in [4.69, 9.17) is 14.2 Å². The number of nitrogens with zero attached hydrogens (tertiary/aromatic N) is 4. The van der Waals surface area contributed by atoms with Gasteiger partial charge in [0.05, 0.1) is 16.3 Å². The molecule has 0 N–H and O–H groups in total. The maximum atomic E-state index is 13.1. The molecule has 0 unspecified atom stereocenters. The Morgan fingerprint density at radius 3 is 2.30 bits per heavy atom. The lowest BCUT2D eigenvalue weighted by Crippen LogP contribution is -2.65. The molecule has 15 heteroatoms. The minimum absolute atomic E-state index is 0.111. The highest BCUT2D eigenvalue weighted by molar-refractivity contribution is 6.53. The molecule has 0 aliphatic carbocycles. The molecule has 2 aliphatic heterocycles. The first-order chi connectivity index (χ1) is 17.3. The summed E-state index contributed by atoms with van der Waals surface area (Å²) in [5.41, 5.74) is -0.711. The summed E-state index contributed by atoms with van der Waals surface area (Å²) in [5, 5.41) is 3.48. The largest absolute Gasteiger partial charge is 0.499 e. The molecular formula is C22H27B5F2N4O4. The van der Waals surface area contributed by atoms with Crippen molar-refractivity contribution in [2.45, 2.75) is 42.5 Å². The van der Waals surface area contributed by atoms with Crippen molar-refractivity contribution in [3.8, 4) is 17.2 Å². The lowest BCUT2D eigenvalue weighted by atomic mass is 9.41. The number of benzene rings is 1. The van der Waals surface area contributed by atoms with Crippen LogP contribution in [0, 0.1) is 6.92 Å². The van der Waals surface area contributed by atoms with Crippen molar-refractivity contribution in [2.24, 2.45) is 0 Å². The summed E-state index contributed by atoms with van der Waals surface area (Å²) in [6, 6.07) is 8.12. The van der Waals surface area contributed by atoms with Gasteiger partial charge in [-0.25, -0.2) is 13.8 Å². The zero-order chi connectivity index (χ0) is 26.8. The van der Waals surface area contributed by atoms with E-state index in [0.717, 1.165) is 29.0 Å². The first kappa shape index (κ1) is 25.5. The second-order valence-corrected chi connectivity index (χ2v) is 11.1. The van der Waals surface area contributed by atoms with E-state index in [1.54, 1.807) is 6.07 Å². The number of fused-ring (bicyclic) bond motifs is 2. The van der Waals surface area contributed by atoms with Crippen LogP contribution in [-0.2, 0) is 0 Å². The Bertz CT molecular complexity index is 1430. The third-order valence-corrected chi connectivity index (χ3v) is 7.64. The van der Waals surface area contributed by atoms with Gasteiger partial charge in [0.1, 0.15) is 42.8 Å². The SMILES string of the molecule is BC1(Oc2ccc3c(c2)OC(B)(B)C(B)(B)O3)CCN(c2nn3c(=O)cc(C(F)F)nc3cc2C)CC1. The molecule has 0 amide bonds. The van der Waals surface area contributed by atoms with Gasteiger partial charge >= 0.3 is 0 Å². The first-order valence-corrected chi connectivity index (χ1v) is 12.4. The smallest absolute Gasteiger partial charge is 0.280 e. The Labute approximate surface area is 218 Å². The molecule has 5 rings (SSSR count). The average molecular weight is 504 g/mol. The molecular weight excluding hydrogens is 476 g/mol. The zero-order valence-corrected chi connectivity index (χ0v) is 22.0. The summed E-state index contributed by atoms with van der Waals surface area (Å²) in [7, 11) is 10.1. The van der Waals surface area contributed by atoms with E-state index in [9.17, 15) is 13.6 Å². The average Bonchev–Trinajstić information content (AvgIpc) is 2.80. The highest BCUT2D eigenvalue weighted by Crippen LogP contribution is 2.42. The number of piperidine rings is 1. The van der Waals surface area contributed by atoms with Crippen molar-refractivity contribution in [3.63, 3.8) is 0 Å². The van der Waals surface area contributed by atoms with Crippen LogP contribution in [0.15, 0.2) is 35.1 Å². The standard InChI is InChI=1S/C22H27B5F2N4O4/c1-11-8-16-30-13(18(28)29)10-17(34)33(16)31-19(11)32-6-4-20(23,5-7-32)35-12-2-3-14-15(9-12)37-22(26,27)21(24,25)36-14/h2-3,8-10,18H,4-7,23-27H2,1H3. The molecule has 2 aromatic heterocycles. The molecule has 4 heterocycles. The molecule has 0 atom stereocenters. The van der Waals surface area contributed by atoms with Crippen molar-refractivity contribution in [1.29, 1.82) is 0 Å². The summed E-state index contributed by atoms with van der Waals surface area (Å²) in [6.45, 7) is 3.14. The van der Waals surface area contributed by atoms with Crippen LogP contribution >= 0.6 is 0 Å². The molecule has 1 saturated heterocycles. The Morgan fingerprint density at radius 2 is 1.65 bits per heavy atom. The zero-order valence-electron chi connectivity index (χ0n) is 22.0. The lowest BCUT2D eigenvalue weighted by molar-refractivity contribution is 0.0603. The van der Waals surface area contributed by atoms with Crippen LogP contribution in [0.5, 0.6) is 17.2 Å². The van der Waals surface area contributed by atoms with Gasteiger partial charge in [-0.2, -0.15) is 4.52 Å². The van der Waals surface area contributed by atoms with Crippen LogP contribution in [0.4, 0.5) is 14.6 Å². The van der Waals surface area contributed by atoms with Gasteiger partial charge in [-0.15, -0.1) is 5.10 Å². The van der Waals surface area contributed by atoms with Crippen molar-refractivity contribution in [2.75, 3.05) is 18.0 Å². The highest BCUT2D eigenvalue weighted by atomic mass is 19.3. The van der Waals surface area contributed by atoms with E-state index in [-0.39, 0.29) is 5.65 Å². The summed E-state index contributed by atoms with van der Waals surface area (Å²) in [4.78, 5) is 18.4. The fourth-order valence-corrected chi connectivity index (χ4v) is 4.65. The maximum absolute atomic E-state index is 13.1. The number of halogens is 2. The summed E-state index contributed by atoms with van der Waals surface area (Å²) >= 11 is 0. The van der Waals surface area contributed by atoms with Crippen LogP contribution in [0.1, 0.15) is 30.5 Å². The Balaban J connectivity index is 1.32. The number of rotatable bonds is 4. The molecule has 0 saturated carbocycles. The van der Waals surface area contributed by atoms with Crippen LogP contribution < -0.4 is 24.7 Å². The van der Waals surface area contributed by atoms with Gasteiger partial charge in [0.2, 0.25) is 0 Å². The van der Waals surface area contributed by atoms with Crippen LogP contribution in [0.3, 0.4) is 0 Å². The van der Waals surface area contributed by atoms with E-state index in [2.05, 4.69) is 22.8 Å². The topological polar surface area (TPSA) is 78.2 Å². The van der Waals surface area contributed by atoms with Gasteiger partial charge in [0, 0.05) is 25.2 Å². The first-order valence-electron chi connectivity index (χ1n) is 12.4. The predicted octanol–water partition coefficient (Wildman–Crippen LogP) is -2.04. The third-order valence-electron chi connectivity index (χ3n) is 7.64. The Kier molecular flexibility index (Phi) is 6.03. The van der Waals surface area contributed by atoms with Crippen LogP contribution in [-0.4, -0.2) is 83.2 Å². The lowest BCUT2D eigenvalue weighted by Gasteiger charge is -2.47. The monoisotopic (exact) mass is 504 g/mol. The molecule has 188 valence electrons. The van der Waals surface area contributed by atoms with Gasteiger partial charge in [-0.1, -0.05) is 0 Å². The van der Waals surface area contributed by atoms with E-state index in [1.165, 1.54) is 0 Å². The minimum Gasteiger partial charge on any atom is -0.499 e. The predicted molar refractivity (Wildman–Crippen MR) is 150 cm³/mol. The summed E-state index contributed by atoms with van der Waals surface area (Å²) < 4.78 is 46.1. The summed E-state index contributed by atoms with van der Waals surface area (Å²) in [6.07, 6.45) is -1.38. The molecule has 0 bridgehead atoms. The molecule has 2 aliphatic rings. The van der Waals surface area contributed by atoms with Crippen LogP contribution in [0.25, 0.3) is 5.65 Å². The summed E-state index contributed by atoms with van der Waals surface area (Å²) in [5.74, 6) is 2.70. The third kappa shape index (κ3) is 4.68. The second kappa shape index (κ2) is 8.73. The molecule has 0 radical (unpaired) electrons. The van der Waals surface area contributed by atoms with Gasteiger partial charge in [0.15, 0.2) is 30.8 Å². The number of alkyl halides is 2. The number of hydrogen-bond donors (Lipinski definition) is 0. The van der Waals surface area contributed by atoms with Gasteiger partial charge in [-0.3, -0.25) is 4.79 Å². The number of ether oxygens (including phenoxy) is 3. The van der Waals surface area contributed by atoms with E-state index in [0.29, 0.717) is 36.2 Å². The van der Waals surface area contributed by atoms with Crippen molar-refractivity contribution >= 4 is 50.7 Å². The molecule has 3 aromatic rings.